The lowest BCUT2D eigenvalue weighted by atomic mass is 10.1. The molecule has 1 unspecified atom stereocenters. The van der Waals surface area contributed by atoms with Gasteiger partial charge in [0.05, 0.1) is 6.61 Å². The molecule has 3 nitrogen and oxygen atoms in total. The smallest absolute Gasteiger partial charge is 0.313 e. The van der Waals surface area contributed by atoms with Crippen molar-refractivity contribution < 1.29 is 18.7 Å². The molecule has 0 aliphatic heterocycles. The fraction of sp³-hybridized carbons (Fsp3) is 0.750. The maximum atomic E-state index is 12.6. The monoisotopic (exact) mass is 176 g/mol. The Morgan fingerprint density at radius 2 is 2.00 bits per heavy atom. The van der Waals surface area contributed by atoms with E-state index in [2.05, 4.69) is 4.74 Å². The van der Waals surface area contributed by atoms with Gasteiger partial charge in [-0.1, -0.05) is 6.92 Å². The van der Waals surface area contributed by atoms with E-state index in [9.17, 15) is 14.0 Å². The highest BCUT2D eigenvalue weighted by molar-refractivity contribution is 5.97. The number of ether oxygens (including phenoxy) is 1. The standard InChI is InChI=1S/C8H13FO3/c1-3-6(9)7(10)5-8(11)12-4-2/h6H,3-5H2,1-2H3. The molecule has 0 saturated heterocycles. The molecule has 0 aromatic rings. The molecule has 70 valence electrons. The Balaban J connectivity index is 3.76. The van der Waals surface area contributed by atoms with Gasteiger partial charge in [0.25, 0.3) is 0 Å². The minimum absolute atomic E-state index is 0.109. The van der Waals surface area contributed by atoms with Crippen molar-refractivity contribution in [3.05, 3.63) is 0 Å². The number of esters is 1. The summed E-state index contributed by atoms with van der Waals surface area (Å²) in [5.74, 6) is -1.35. The van der Waals surface area contributed by atoms with Gasteiger partial charge in [-0.3, -0.25) is 9.59 Å². The molecule has 12 heavy (non-hydrogen) atoms. The van der Waals surface area contributed by atoms with Crippen LogP contribution in [0.3, 0.4) is 0 Å². The first-order chi connectivity index (χ1) is 5.61. The van der Waals surface area contributed by atoms with Crippen molar-refractivity contribution >= 4 is 11.8 Å². The lowest BCUT2D eigenvalue weighted by Crippen LogP contribution is -2.19. The van der Waals surface area contributed by atoms with Crippen molar-refractivity contribution in [3.63, 3.8) is 0 Å². The van der Waals surface area contributed by atoms with E-state index in [1.807, 2.05) is 0 Å². The first-order valence-electron chi connectivity index (χ1n) is 3.94. The van der Waals surface area contributed by atoms with Crippen LogP contribution in [-0.2, 0) is 14.3 Å². The number of hydrogen-bond acceptors (Lipinski definition) is 3. The molecule has 4 heteroatoms. The van der Waals surface area contributed by atoms with E-state index in [1.54, 1.807) is 13.8 Å². The molecule has 0 spiro atoms. The molecule has 0 aromatic carbocycles. The number of halogens is 1. The van der Waals surface area contributed by atoms with Crippen LogP contribution in [0.2, 0.25) is 0 Å². The fourth-order valence-corrected chi connectivity index (χ4v) is 0.693. The van der Waals surface area contributed by atoms with E-state index >= 15 is 0 Å². The number of alkyl halides is 1. The molecule has 0 aliphatic carbocycles. The van der Waals surface area contributed by atoms with Crippen molar-refractivity contribution in [3.8, 4) is 0 Å². The number of rotatable bonds is 5. The Hall–Kier alpha value is -0.930. The van der Waals surface area contributed by atoms with Crippen molar-refractivity contribution in [2.75, 3.05) is 6.61 Å². The highest BCUT2D eigenvalue weighted by Gasteiger charge is 2.18. The molecule has 0 N–H and O–H groups in total. The summed E-state index contributed by atoms with van der Waals surface area (Å²) in [6.07, 6.45) is -1.88. The zero-order valence-electron chi connectivity index (χ0n) is 7.30. The average molecular weight is 176 g/mol. The Labute approximate surface area is 70.9 Å². The maximum absolute atomic E-state index is 12.6. The second kappa shape index (κ2) is 5.69. The molecule has 0 fully saturated rings. The van der Waals surface area contributed by atoms with Gasteiger partial charge >= 0.3 is 5.97 Å². The van der Waals surface area contributed by atoms with E-state index in [4.69, 9.17) is 0 Å². The highest BCUT2D eigenvalue weighted by atomic mass is 19.1. The highest BCUT2D eigenvalue weighted by Crippen LogP contribution is 2.02. The average Bonchev–Trinajstić information content (AvgIpc) is 2.03. The van der Waals surface area contributed by atoms with E-state index < -0.39 is 24.3 Å². The summed E-state index contributed by atoms with van der Waals surface area (Å²) in [4.78, 5) is 21.4. The topological polar surface area (TPSA) is 43.4 Å². The first kappa shape index (κ1) is 11.1. The Morgan fingerprint density at radius 1 is 1.42 bits per heavy atom. The third-order valence-corrected chi connectivity index (χ3v) is 1.33. The fourth-order valence-electron chi connectivity index (χ4n) is 0.693. The quantitative estimate of drug-likeness (QED) is 0.467. The van der Waals surface area contributed by atoms with E-state index in [0.29, 0.717) is 0 Å². The van der Waals surface area contributed by atoms with Gasteiger partial charge in [0.15, 0.2) is 12.0 Å². The molecular formula is C8H13FO3. The molecule has 0 saturated carbocycles. The van der Waals surface area contributed by atoms with Crippen LogP contribution >= 0.6 is 0 Å². The first-order valence-corrected chi connectivity index (χ1v) is 3.94. The SMILES string of the molecule is CCOC(=O)CC(=O)C(F)CC. The summed E-state index contributed by atoms with van der Waals surface area (Å²) in [6.45, 7) is 3.40. The van der Waals surface area contributed by atoms with Crippen LogP contribution in [0, 0.1) is 0 Å². The summed E-state index contributed by atoms with van der Waals surface area (Å²) in [5.41, 5.74) is 0. The Morgan fingerprint density at radius 3 is 2.42 bits per heavy atom. The van der Waals surface area contributed by atoms with Crippen LogP contribution in [-0.4, -0.2) is 24.5 Å². The van der Waals surface area contributed by atoms with Crippen LogP contribution in [0.4, 0.5) is 4.39 Å². The molecule has 0 radical (unpaired) electrons. The molecule has 0 aliphatic rings. The molecule has 1 atom stereocenters. The summed E-state index contributed by atoms with van der Waals surface area (Å²) < 4.78 is 17.0. The van der Waals surface area contributed by atoms with Gasteiger partial charge in [-0.05, 0) is 13.3 Å². The summed E-state index contributed by atoms with van der Waals surface area (Å²) in [5, 5.41) is 0. The molecule has 0 rings (SSSR count). The number of carbonyl (C=O) groups excluding carboxylic acids is 2. The van der Waals surface area contributed by atoms with Gasteiger partial charge < -0.3 is 4.74 Å². The van der Waals surface area contributed by atoms with Crippen LogP contribution < -0.4 is 0 Å². The summed E-state index contributed by atoms with van der Waals surface area (Å²) in [6, 6.07) is 0. The number of hydrogen-bond donors (Lipinski definition) is 0. The predicted octanol–water partition coefficient (Wildman–Crippen LogP) is 1.26. The third kappa shape index (κ3) is 4.05. The Kier molecular flexibility index (Phi) is 5.25. The van der Waals surface area contributed by atoms with Crippen LogP contribution in [0.1, 0.15) is 26.7 Å². The van der Waals surface area contributed by atoms with Crippen LogP contribution in [0.5, 0.6) is 0 Å². The van der Waals surface area contributed by atoms with Gasteiger partial charge in [-0.25, -0.2) is 4.39 Å². The van der Waals surface area contributed by atoms with Crippen molar-refractivity contribution in [2.45, 2.75) is 32.9 Å². The number of carbonyl (C=O) groups is 2. The number of Topliss-reactive ketones (excluding diaryl/α,β-unsaturated/α-hetero) is 1. The van der Waals surface area contributed by atoms with Gasteiger partial charge in [-0.15, -0.1) is 0 Å². The molecule has 0 aromatic heterocycles. The van der Waals surface area contributed by atoms with Gasteiger partial charge in [0.1, 0.15) is 6.42 Å². The van der Waals surface area contributed by atoms with Gasteiger partial charge in [-0.2, -0.15) is 0 Å². The van der Waals surface area contributed by atoms with E-state index in [0.717, 1.165) is 0 Å². The van der Waals surface area contributed by atoms with Crippen molar-refractivity contribution in [2.24, 2.45) is 0 Å². The summed E-state index contributed by atoms with van der Waals surface area (Å²) >= 11 is 0. The van der Waals surface area contributed by atoms with Gasteiger partial charge in [0, 0.05) is 0 Å². The van der Waals surface area contributed by atoms with Gasteiger partial charge in [0.2, 0.25) is 0 Å². The normalized spacial score (nSPS) is 12.2. The molecule has 0 heterocycles. The zero-order valence-corrected chi connectivity index (χ0v) is 7.30. The molecule has 0 amide bonds. The van der Waals surface area contributed by atoms with Crippen molar-refractivity contribution in [1.82, 2.24) is 0 Å². The zero-order chi connectivity index (χ0) is 9.56. The minimum atomic E-state index is -1.53. The maximum Gasteiger partial charge on any atom is 0.313 e. The third-order valence-electron chi connectivity index (χ3n) is 1.33. The molecule has 0 bridgehead atoms. The number of ketones is 1. The van der Waals surface area contributed by atoms with E-state index in [-0.39, 0.29) is 13.0 Å². The lowest BCUT2D eigenvalue weighted by molar-refractivity contribution is -0.146. The van der Waals surface area contributed by atoms with Crippen LogP contribution in [0.25, 0.3) is 0 Å². The van der Waals surface area contributed by atoms with Crippen molar-refractivity contribution in [1.29, 1.82) is 0 Å². The Bertz CT molecular complexity index is 168. The van der Waals surface area contributed by atoms with E-state index in [1.165, 1.54) is 0 Å². The van der Waals surface area contributed by atoms with Crippen LogP contribution in [0.15, 0.2) is 0 Å². The second-order valence-electron chi connectivity index (χ2n) is 2.32. The summed E-state index contributed by atoms with van der Waals surface area (Å²) in [7, 11) is 0. The minimum Gasteiger partial charge on any atom is -0.466 e. The molecular weight excluding hydrogens is 163 g/mol. The largest absolute Gasteiger partial charge is 0.466 e. The lowest BCUT2D eigenvalue weighted by Gasteiger charge is -2.03. The predicted molar refractivity (Wildman–Crippen MR) is 41.4 cm³/mol. The second-order valence-corrected chi connectivity index (χ2v) is 2.32.